The van der Waals surface area contributed by atoms with E-state index in [0.29, 0.717) is 6.04 Å². The van der Waals surface area contributed by atoms with E-state index in [0.717, 1.165) is 12.5 Å². The van der Waals surface area contributed by atoms with Gasteiger partial charge in [-0.05, 0) is 6.04 Å². The smallest absolute Gasteiger partial charge is 0.367 e. The molecule has 5 atom stereocenters. The number of aliphatic hydroxyl groups is 4. The van der Waals surface area contributed by atoms with Crippen LogP contribution in [0.5, 0.6) is 0 Å². The highest BCUT2D eigenvalue weighted by molar-refractivity contribution is 6.77. The number of carboxylic acid groups (broad SMARTS) is 1. The van der Waals surface area contributed by atoms with Gasteiger partial charge in [-0.2, -0.15) is 0 Å². The topological polar surface area (TPSA) is 137 Å². The maximum Gasteiger partial charge on any atom is 0.367 e. The number of hydrogen-bond donors (Lipinski definition) is 5. The van der Waals surface area contributed by atoms with Crippen LogP contribution in [0.25, 0.3) is 0 Å². The summed E-state index contributed by atoms with van der Waals surface area (Å²) in [6, 6.07) is 1.78. The predicted octanol–water partition coefficient (Wildman–Crippen LogP) is 2.11. The van der Waals surface area contributed by atoms with Gasteiger partial charge >= 0.3 is 5.97 Å². The highest BCUT2D eigenvalue weighted by atomic mass is 28.3. The van der Waals surface area contributed by atoms with Crippen LogP contribution in [0.2, 0.25) is 25.2 Å². The second kappa shape index (κ2) is 13.1. The number of rotatable bonds is 15. The number of hydrogen-bond acceptors (Lipinski definition) is 7. The molecule has 0 saturated carbocycles. The Hall–Kier alpha value is -0.553. The van der Waals surface area contributed by atoms with Gasteiger partial charge < -0.3 is 35.0 Å². The Bertz CT molecular complexity index is 501. The first-order valence-corrected chi connectivity index (χ1v) is 14.7. The van der Waals surface area contributed by atoms with Crippen molar-refractivity contribution in [3.05, 3.63) is 0 Å². The Morgan fingerprint density at radius 2 is 1.53 bits per heavy atom. The summed E-state index contributed by atoms with van der Waals surface area (Å²) in [4.78, 5) is 11.8. The van der Waals surface area contributed by atoms with Gasteiger partial charge in [-0.3, -0.25) is 0 Å². The zero-order valence-electron chi connectivity index (χ0n) is 18.8. The molecule has 1 heterocycles. The fourth-order valence-electron chi connectivity index (χ4n) is 3.84. The third-order valence-corrected chi connectivity index (χ3v) is 9.32. The molecule has 0 spiro atoms. The van der Waals surface area contributed by atoms with Crippen molar-refractivity contribution < 1.29 is 39.8 Å². The summed E-state index contributed by atoms with van der Waals surface area (Å²) in [5.74, 6) is -4.10. The quantitative estimate of drug-likeness (QED) is 0.189. The molecule has 1 fully saturated rings. The van der Waals surface area contributed by atoms with Gasteiger partial charge in [-0.15, -0.1) is 0 Å². The van der Waals surface area contributed by atoms with E-state index in [-0.39, 0.29) is 6.61 Å². The van der Waals surface area contributed by atoms with Crippen LogP contribution in [0, 0.1) is 0 Å². The number of aliphatic hydroxyl groups excluding tert-OH is 4. The zero-order valence-corrected chi connectivity index (χ0v) is 19.8. The van der Waals surface area contributed by atoms with Crippen LogP contribution < -0.4 is 0 Å². The number of carbonyl (C=O) groups is 1. The van der Waals surface area contributed by atoms with Gasteiger partial charge in [0, 0.05) is 14.7 Å². The van der Waals surface area contributed by atoms with Crippen LogP contribution in [0.15, 0.2) is 0 Å². The van der Waals surface area contributed by atoms with Crippen LogP contribution in [0.1, 0.15) is 58.3 Å². The molecule has 0 aromatic carbocycles. The van der Waals surface area contributed by atoms with Gasteiger partial charge in [-0.25, -0.2) is 4.79 Å². The highest BCUT2D eigenvalue weighted by Crippen LogP contribution is 2.32. The summed E-state index contributed by atoms with van der Waals surface area (Å²) in [5, 5.41) is 49.0. The molecule has 0 aliphatic carbocycles. The SMILES string of the molecule is CCCCCCCCCC[Si](C)(C)CCO[C@]1(C(=O)O)O[C@H](CO)[C@@H](O)[C@H](O)[C@H]1O. The van der Waals surface area contributed by atoms with Gasteiger partial charge in [0.2, 0.25) is 0 Å². The molecular weight excluding hydrogens is 408 g/mol. The van der Waals surface area contributed by atoms with Crippen LogP contribution in [-0.2, 0) is 14.3 Å². The predicted molar refractivity (Wildman–Crippen MR) is 116 cm³/mol. The van der Waals surface area contributed by atoms with E-state index in [1.807, 2.05) is 0 Å². The van der Waals surface area contributed by atoms with Crippen molar-refractivity contribution in [1.82, 2.24) is 0 Å². The van der Waals surface area contributed by atoms with Crippen molar-refractivity contribution in [3.8, 4) is 0 Å². The van der Waals surface area contributed by atoms with E-state index in [1.165, 1.54) is 44.9 Å². The zero-order chi connectivity index (χ0) is 22.8. The number of carboxylic acids is 1. The molecule has 0 bridgehead atoms. The molecule has 0 aromatic heterocycles. The Morgan fingerprint density at radius 3 is 2.07 bits per heavy atom. The van der Waals surface area contributed by atoms with Gasteiger partial charge in [0.05, 0.1) is 6.61 Å². The largest absolute Gasteiger partial charge is 0.477 e. The van der Waals surface area contributed by atoms with Crippen LogP contribution >= 0.6 is 0 Å². The fraction of sp³-hybridized carbons (Fsp3) is 0.952. The summed E-state index contributed by atoms with van der Waals surface area (Å²) in [5.41, 5.74) is 0. The van der Waals surface area contributed by atoms with Gasteiger partial charge in [0.25, 0.3) is 5.79 Å². The van der Waals surface area contributed by atoms with Crippen molar-refractivity contribution >= 4 is 14.0 Å². The Balaban J connectivity index is 2.48. The molecule has 178 valence electrons. The first-order chi connectivity index (χ1) is 14.1. The van der Waals surface area contributed by atoms with Crippen molar-refractivity contribution in [1.29, 1.82) is 0 Å². The Morgan fingerprint density at radius 1 is 0.967 bits per heavy atom. The monoisotopic (exact) mass is 450 g/mol. The average molecular weight is 451 g/mol. The summed E-state index contributed by atoms with van der Waals surface area (Å²) in [7, 11) is -1.63. The first-order valence-electron chi connectivity index (χ1n) is 11.3. The molecule has 30 heavy (non-hydrogen) atoms. The van der Waals surface area contributed by atoms with E-state index in [9.17, 15) is 30.3 Å². The van der Waals surface area contributed by atoms with E-state index in [2.05, 4.69) is 20.0 Å². The molecule has 0 aromatic rings. The van der Waals surface area contributed by atoms with Gasteiger partial charge in [-0.1, -0.05) is 77.4 Å². The molecule has 0 unspecified atom stereocenters. The maximum atomic E-state index is 11.8. The normalized spacial score (nSPS) is 29.8. The molecule has 5 N–H and O–H groups in total. The standard InChI is InChI=1S/C21H42O8Si/c1-4-5-6-7-8-9-10-11-13-30(2,3)14-12-28-21(20(26)27)19(25)18(24)17(23)16(15-22)29-21/h16-19,22-25H,4-15H2,1-3H3,(H,26,27)/t16-,17-,18+,19-,21+/m1/s1. The fourth-order valence-corrected chi connectivity index (χ4v) is 5.95. The minimum Gasteiger partial charge on any atom is -0.477 e. The summed E-state index contributed by atoms with van der Waals surface area (Å²) < 4.78 is 10.7. The molecule has 8 nitrogen and oxygen atoms in total. The second-order valence-corrected chi connectivity index (χ2v) is 14.6. The summed E-state index contributed by atoms with van der Waals surface area (Å²) >= 11 is 0. The third kappa shape index (κ3) is 7.85. The minimum absolute atomic E-state index is 0.0561. The van der Waals surface area contributed by atoms with Gasteiger partial charge in [0.1, 0.15) is 24.4 Å². The van der Waals surface area contributed by atoms with E-state index in [4.69, 9.17) is 9.47 Å². The van der Waals surface area contributed by atoms with Crippen LogP contribution in [0.4, 0.5) is 0 Å². The Kier molecular flexibility index (Phi) is 12.0. The summed E-state index contributed by atoms with van der Waals surface area (Å²) in [6.45, 7) is 6.01. The number of ether oxygens (including phenoxy) is 2. The van der Waals surface area contributed by atoms with Crippen LogP contribution in [0.3, 0.4) is 0 Å². The lowest BCUT2D eigenvalue weighted by Crippen LogP contribution is -2.69. The molecular formula is C21H42O8Si. The molecule has 1 aliphatic rings. The van der Waals surface area contributed by atoms with Crippen LogP contribution in [-0.4, -0.2) is 83.0 Å². The molecule has 0 radical (unpaired) electrons. The van der Waals surface area contributed by atoms with Gasteiger partial charge in [0.15, 0.2) is 0 Å². The van der Waals surface area contributed by atoms with Crippen molar-refractivity contribution in [2.24, 2.45) is 0 Å². The van der Waals surface area contributed by atoms with E-state index >= 15 is 0 Å². The molecule has 0 amide bonds. The van der Waals surface area contributed by atoms with E-state index < -0.39 is 50.9 Å². The molecule has 9 heteroatoms. The molecule has 1 saturated heterocycles. The Labute approximate surface area is 181 Å². The lowest BCUT2D eigenvalue weighted by molar-refractivity contribution is -0.351. The molecule has 1 aliphatic heterocycles. The minimum atomic E-state index is -2.50. The lowest BCUT2D eigenvalue weighted by Gasteiger charge is -2.45. The van der Waals surface area contributed by atoms with Crippen molar-refractivity contribution in [2.45, 2.75) is 114 Å². The number of unbranched alkanes of at least 4 members (excludes halogenated alkanes) is 7. The third-order valence-electron chi connectivity index (χ3n) is 6.05. The number of aliphatic carboxylic acids is 1. The highest BCUT2D eigenvalue weighted by Gasteiger charge is 2.59. The van der Waals surface area contributed by atoms with E-state index in [1.54, 1.807) is 0 Å². The average Bonchev–Trinajstić information content (AvgIpc) is 2.69. The summed E-state index contributed by atoms with van der Waals surface area (Å²) in [6.07, 6.45) is 3.33. The van der Waals surface area contributed by atoms with Crippen molar-refractivity contribution in [3.63, 3.8) is 0 Å². The lowest BCUT2D eigenvalue weighted by atomic mass is 9.92. The van der Waals surface area contributed by atoms with Crippen molar-refractivity contribution in [2.75, 3.05) is 13.2 Å². The first kappa shape index (κ1) is 27.5. The maximum absolute atomic E-state index is 11.8. The molecule has 1 rings (SSSR count). The second-order valence-electron chi connectivity index (χ2n) is 9.23.